The molecule has 0 aromatic carbocycles. The quantitative estimate of drug-likeness (QED) is 0.554. The fourth-order valence-corrected chi connectivity index (χ4v) is 0.731. The highest BCUT2D eigenvalue weighted by Gasteiger charge is 2.12. The summed E-state index contributed by atoms with van der Waals surface area (Å²) in [5.41, 5.74) is 4.85. The highest BCUT2D eigenvalue weighted by Crippen LogP contribution is 2.12. The Morgan fingerprint density at radius 1 is 1.80 bits per heavy atom. The van der Waals surface area contributed by atoms with Gasteiger partial charge in [-0.2, -0.15) is 0 Å². The number of aromatic carboxylic acids is 1. The fraction of sp³-hybridized carbons (Fsp3) is 0. The van der Waals surface area contributed by atoms with Gasteiger partial charge in [0, 0.05) is 0 Å². The number of H-pyrrole nitrogens is 1. The second kappa shape index (κ2) is 2.18. The van der Waals surface area contributed by atoms with Gasteiger partial charge < -0.3 is 15.8 Å². The van der Waals surface area contributed by atoms with Crippen molar-refractivity contribution in [3.63, 3.8) is 0 Å². The van der Waals surface area contributed by atoms with Crippen molar-refractivity contribution < 1.29 is 9.90 Å². The average Bonchev–Trinajstić information content (AvgIpc) is 2.10. The fourth-order valence-electron chi connectivity index (χ4n) is 0.511. The standard InChI is InChI=1S/C4H4ClN3O2/c5-2-1(3(9)10)7-4(6)8-2/h(H,9,10)(H3,6,7,8). The molecule has 0 aliphatic heterocycles. The van der Waals surface area contributed by atoms with Crippen LogP contribution in [0.2, 0.25) is 5.15 Å². The molecule has 1 rings (SSSR count). The van der Waals surface area contributed by atoms with Crippen molar-refractivity contribution in [3.05, 3.63) is 10.8 Å². The molecule has 1 aromatic heterocycles. The van der Waals surface area contributed by atoms with Gasteiger partial charge in [-0.25, -0.2) is 9.78 Å². The lowest BCUT2D eigenvalue weighted by Crippen LogP contribution is -1.97. The number of rotatable bonds is 1. The molecule has 10 heavy (non-hydrogen) atoms. The van der Waals surface area contributed by atoms with E-state index >= 15 is 0 Å². The topological polar surface area (TPSA) is 92.0 Å². The molecule has 1 heterocycles. The van der Waals surface area contributed by atoms with E-state index in [0.29, 0.717) is 0 Å². The Kier molecular flexibility index (Phi) is 1.50. The van der Waals surface area contributed by atoms with Crippen molar-refractivity contribution in [3.8, 4) is 0 Å². The van der Waals surface area contributed by atoms with Gasteiger partial charge in [-0.15, -0.1) is 0 Å². The second-order valence-electron chi connectivity index (χ2n) is 1.59. The van der Waals surface area contributed by atoms with Gasteiger partial charge in [0.25, 0.3) is 0 Å². The van der Waals surface area contributed by atoms with E-state index in [-0.39, 0.29) is 16.8 Å². The zero-order valence-corrected chi connectivity index (χ0v) is 5.51. The lowest BCUT2D eigenvalue weighted by molar-refractivity contribution is 0.0691. The minimum absolute atomic E-state index is 0.00222. The Morgan fingerprint density at radius 3 is 2.60 bits per heavy atom. The van der Waals surface area contributed by atoms with E-state index in [1.807, 2.05) is 0 Å². The number of carboxylic acids is 1. The number of hydrogen-bond donors (Lipinski definition) is 3. The van der Waals surface area contributed by atoms with Crippen LogP contribution in [0.4, 0.5) is 5.95 Å². The molecule has 54 valence electrons. The van der Waals surface area contributed by atoms with Crippen LogP contribution in [0.5, 0.6) is 0 Å². The molecule has 0 spiro atoms. The van der Waals surface area contributed by atoms with E-state index in [0.717, 1.165) is 0 Å². The van der Waals surface area contributed by atoms with Crippen molar-refractivity contribution in [2.75, 3.05) is 5.73 Å². The number of carboxylic acid groups (broad SMARTS) is 1. The molecule has 0 fully saturated rings. The van der Waals surface area contributed by atoms with Crippen LogP contribution in [0.3, 0.4) is 0 Å². The normalized spacial score (nSPS) is 9.70. The maximum absolute atomic E-state index is 10.2. The van der Waals surface area contributed by atoms with Crippen molar-refractivity contribution in [1.29, 1.82) is 0 Å². The van der Waals surface area contributed by atoms with E-state index in [9.17, 15) is 4.79 Å². The predicted molar refractivity (Wildman–Crippen MR) is 35.0 cm³/mol. The highest BCUT2D eigenvalue weighted by atomic mass is 35.5. The third kappa shape index (κ3) is 1.03. The van der Waals surface area contributed by atoms with Gasteiger partial charge in [0.2, 0.25) is 0 Å². The van der Waals surface area contributed by atoms with E-state index < -0.39 is 5.97 Å². The van der Waals surface area contributed by atoms with Gasteiger partial charge >= 0.3 is 5.97 Å². The van der Waals surface area contributed by atoms with Crippen molar-refractivity contribution >= 4 is 23.5 Å². The molecular formula is C4H4ClN3O2. The maximum Gasteiger partial charge on any atom is 0.357 e. The summed E-state index contributed by atoms with van der Waals surface area (Å²) < 4.78 is 0. The summed E-state index contributed by atoms with van der Waals surface area (Å²) in [6.45, 7) is 0. The summed E-state index contributed by atoms with van der Waals surface area (Å²) in [7, 11) is 0. The molecule has 6 heteroatoms. The minimum atomic E-state index is -1.20. The number of hydrogen-bond acceptors (Lipinski definition) is 3. The van der Waals surface area contributed by atoms with Crippen LogP contribution in [0.1, 0.15) is 10.5 Å². The van der Waals surface area contributed by atoms with Crippen LogP contribution in [-0.4, -0.2) is 21.0 Å². The maximum atomic E-state index is 10.2. The van der Waals surface area contributed by atoms with E-state index in [2.05, 4.69) is 9.97 Å². The minimum Gasteiger partial charge on any atom is -0.476 e. The number of aromatic amines is 1. The molecule has 0 radical (unpaired) electrons. The number of aromatic nitrogens is 2. The van der Waals surface area contributed by atoms with Crippen molar-refractivity contribution in [2.24, 2.45) is 0 Å². The van der Waals surface area contributed by atoms with Crippen molar-refractivity contribution in [2.45, 2.75) is 0 Å². The first-order valence-corrected chi connectivity index (χ1v) is 2.73. The molecule has 0 bridgehead atoms. The molecule has 0 amide bonds. The van der Waals surface area contributed by atoms with Gasteiger partial charge in [-0.05, 0) is 0 Å². The molecule has 0 atom stereocenters. The van der Waals surface area contributed by atoms with E-state index in [1.165, 1.54) is 0 Å². The summed E-state index contributed by atoms with van der Waals surface area (Å²) in [4.78, 5) is 16.0. The predicted octanol–water partition coefficient (Wildman–Crippen LogP) is 0.344. The van der Waals surface area contributed by atoms with Crippen LogP contribution in [0.25, 0.3) is 0 Å². The largest absolute Gasteiger partial charge is 0.476 e. The molecule has 1 aromatic rings. The van der Waals surface area contributed by atoms with Gasteiger partial charge in [-0.1, -0.05) is 11.6 Å². The van der Waals surface area contributed by atoms with Crippen molar-refractivity contribution in [1.82, 2.24) is 9.97 Å². The average molecular weight is 162 g/mol. The van der Waals surface area contributed by atoms with Crippen LogP contribution in [0.15, 0.2) is 0 Å². The molecule has 0 unspecified atom stereocenters. The Bertz CT molecular complexity index is 269. The number of imidazole rings is 1. The van der Waals surface area contributed by atoms with Gasteiger partial charge in [0.05, 0.1) is 0 Å². The number of nitrogens with zero attached hydrogens (tertiary/aromatic N) is 1. The molecular weight excluding hydrogens is 158 g/mol. The number of nitrogens with two attached hydrogens (primary N) is 1. The Balaban J connectivity index is 3.15. The van der Waals surface area contributed by atoms with Crippen LogP contribution in [0, 0.1) is 0 Å². The zero-order chi connectivity index (χ0) is 7.72. The van der Waals surface area contributed by atoms with Crippen LogP contribution in [-0.2, 0) is 0 Å². The molecule has 5 nitrogen and oxygen atoms in total. The highest BCUT2D eigenvalue weighted by molar-refractivity contribution is 6.32. The zero-order valence-electron chi connectivity index (χ0n) is 4.76. The van der Waals surface area contributed by atoms with Crippen LogP contribution < -0.4 is 5.73 Å². The van der Waals surface area contributed by atoms with Crippen LogP contribution >= 0.6 is 11.6 Å². The number of carbonyl (C=O) groups is 1. The molecule has 0 saturated carbocycles. The Labute approximate surface area is 60.8 Å². The summed E-state index contributed by atoms with van der Waals surface area (Å²) in [5, 5.41) is 8.31. The third-order valence-electron chi connectivity index (χ3n) is 0.881. The molecule has 0 aliphatic rings. The van der Waals surface area contributed by atoms with E-state index in [1.54, 1.807) is 0 Å². The first kappa shape index (κ1) is 6.88. The number of nitrogen functional groups attached to an aromatic ring is 1. The lowest BCUT2D eigenvalue weighted by Gasteiger charge is -1.82. The summed E-state index contributed by atoms with van der Waals surface area (Å²) in [6.07, 6.45) is 0. The molecule has 0 aliphatic carbocycles. The first-order chi connectivity index (χ1) is 4.61. The smallest absolute Gasteiger partial charge is 0.357 e. The Morgan fingerprint density at radius 2 is 2.40 bits per heavy atom. The number of halogens is 1. The number of anilines is 1. The summed E-state index contributed by atoms with van der Waals surface area (Å²) >= 11 is 5.36. The summed E-state index contributed by atoms with van der Waals surface area (Å²) in [6, 6.07) is 0. The van der Waals surface area contributed by atoms with Gasteiger partial charge in [-0.3, -0.25) is 0 Å². The first-order valence-electron chi connectivity index (χ1n) is 2.35. The molecule has 0 saturated heterocycles. The lowest BCUT2D eigenvalue weighted by atomic mass is 10.5. The SMILES string of the molecule is Nc1nc(C(=O)O)c(Cl)[nH]1. The molecule has 4 N–H and O–H groups in total. The Hall–Kier alpha value is -1.23. The number of nitrogens with one attached hydrogen (secondary N) is 1. The van der Waals surface area contributed by atoms with Gasteiger partial charge in [0.1, 0.15) is 5.15 Å². The monoisotopic (exact) mass is 161 g/mol. The van der Waals surface area contributed by atoms with Gasteiger partial charge in [0.15, 0.2) is 11.6 Å². The third-order valence-corrected chi connectivity index (χ3v) is 1.15. The summed E-state index contributed by atoms with van der Waals surface area (Å²) in [5.74, 6) is -1.19. The second-order valence-corrected chi connectivity index (χ2v) is 1.97. The van der Waals surface area contributed by atoms with E-state index in [4.69, 9.17) is 22.4 Å².